The fraction of sp³-hybridized carbons (Fsp3) is 1.00. The second kappa shape index (κ2) is 17.5. The lowest BCUT2D eigenvalue weighted by Gasteiger charge is -2.50. The minimum absolute atomic E-state index is 1.37. The molecule has 2 nitrogen and oxygen atoms in total. The lowest BCUT2D eigenvalue weighted by Crippen LogP contribution is -2.67. The molecule has 3 aliphatic rings. The molecule has 3 fully saturated rings. The average Bonchev–Trinajstić information content (AvgIpc) is 2.79. The zero-order chi connectivity index (χ0) is 21.2. The van der Waals surface area contributed by atoms with Gasteiger partial charge in [-0.05, 0) is 12.8 Å². The molecule has 0 aromatic carbocycles. The Morgan fingerprint density at radius 3 is 1.07 bits per heavy atom. The molecule has 0 aromatic heterocycles. The fourth-order valence-electron chi connectivity index (χ4n) is 5.77. The van der Waals surface area contributed by atoms with Crippen LogP contribution in [0, 0.1) is 0 Å². The molecule has 2 heteroatoms. The summed E-state index contributed by atoms with van der Waals surface area (Å²) in [7, 11) is 0. The molecular formula is C28H57N2+. The molecule has 30 heavy (non-hydrogen) atoms. The molecule has 3 heterocycles. The third kappa shape index (κ3) is 12.1. The van der Waals surface area contributed by atoms with E-state index < -0.39 is 0 Å². The Balaban J connectivity index is 1.22. The first-order valence-corrected chi connectivity index (χ1v) is 14.4. The second-order valence-electron chi connectivity index (χ2n) is 10.8. The topological polar surface area (TPSA) is 3.24 Å². The SMILES string of the molecule is CCCCCCCCCCCCCCCCCCCCCC[N+]12CCN(CC1)CC2. The average molecular weight is 422 g/mol. The number of hydrogen-bond donors (Lipinski definition) is 0. The highest BCUT2D eigenvalue weighted by Gasteiger charge is 2.37. The Morgan fingerprint density at radius 1 is 0.433 bits per heavy atom. The second-order valence-corrected chi connectivity index (χ2v) is 10.8. The van der Waals surface area contributed by atoms with E-state index in [9.17, 15) is 0 Å². The van der Waals surface area contributed by atoms with Crippen molar-refractivity contribution in [2.45, 2.75) is 135 Å². The van der Waals surface area contributed by atoms with E-state index in [1.807, 2.05) is 0 Å². The van der Waals surface area contributed by atoms with Gasteiger partial charge >= 0.3 is 0 Å². The van der Waals surface area contributed by atoms with E-state index in [-0.39, 0.29) is 0 Å². The fourth-order valence-corrected chi connectivity index (χ4v) is 5.77. The molecule has 0 atom stereocenters. The van der Waals surface area contributed by atoms with Crippen LogP contribution in [0.2, 0.25) is 0 Å². The summed E-state index contributed by atoms with van der Waals surface area (Å²) < 4.78 is 1.47. The maximum atomic E-state index is 2.66. The van der Waals surface area contributed by atoms with Gasteiger partial charge in [-0.1, -0.05) is 122 Å². The molecule has 3 rings (SSSR count). The van der Waals surface area contributed by atoms with Crippen molar-refractivity contribution >= 4 is 0 Å². The molecule has 0 radical (unpaired) electrons. The van der Waals surface area contributed by atoms with Crippen LogP contribution < -0.4 is 0 Å². The van der Waals surface area contributed by atoms with E-state index in [1.165, 1.54) is 179 Å². The van der Waals surface area contributed by atoms with Gasteiger partial charge in [-0.3, -0.25) is 4.90 Å². The largest absolute Gasteiger partial charge is 0.320 e. The first kappa shape index (κ1) is 26.2. The Morgan fingerprint density at radius 2 is 0.733 bits per heavy atom. The van der Waals surface area contributed by atoms with Crippen LogP contribution in [0.5, 0.6) is 0 Å². The summed E-state index contributed by atoms with van der Waals surface area (Å²) in [5.74, 6) is 0. The quantitative estimate of drug-likeness (QED) is 0.134. The molecule has 0 spiro atoms. The monoisotopic (exact) mass is 421 g/mol. The Hall–Kier alpha value is -0.0800. The smallest absolute Gasteiger partial charge is 0.0916 e. The number of piperazine rings is 3. The Kier molecular flexibility index (Phi) is 15.2. The van der Waals surface area contributed by atoms with Gasteiger partial charge in [0.15, 0.2) is 0 Å². The van der Waals surface area contributed by atoms with Gasteiger partial charge in [-0.25, -0.2) is 0 Å². The number of hydrogen-bond acceptors (Lipinski definition) is 1. The van der Waals surface area contributed by atoms with Crippen LogP contribution in [-0.4, -0.2) is 55.2 Å². The molecule has 3 aliphatic heterocycles. The van der Waals surface area contributed by atoms with Crippen molar-refractivity contribution in [3.63, 3.8) is 0 Å². The zero-order valence-electron chi connectivity index (χ0n) is 21.0. The minimum atomic E-state index is 1.37. The lowest BCUT2D eigenvalue weighted by molar-refractivity contribution is -0.941. The van der Waals surface area contributed by atoms with E-state index in [0.717, 1.165) is 0 Å². The van der Waals surface area contributed by atoms with Crippen LogP contribution in [0.3, 0.4) is 0 Å². The molecule has 0 unspecified atom stereocenters. The van der Waals surface area contributed by atoms with Gasteiger partial charge in [0.25, 0.3) is 0 Å². The van der Waals surface area contributed by atoms with Crippen LogP contribution in [0.4, 0.5) is 0 Å². The summed E-state index contributed by atoms with van der Waals surface area (Å²) >= 11 is 0. The van der Waals surface area contributed by atoms with Crippen molar-refractivity contribution in [3.8, 4) is 0 Å². The molecule has 178 valence electrons. The number of nitrogens with zero attached hydrogens (tertiary/aromatic N) is 2. The van der Waals surface area contributed by atoms with E-state index in [1.54, 1.807) is 0 Å². The summed E-state index contributed by atoms with van der Waals surface area (Å²) in [5.41, 5.74) is 0. The molecule has 0 aliphatic carbocycles. The third-order valence-electron chi connectivity index (χ3n) is 8.16. The molecule has 0 aromatic rings. The van der Waals surface area contributed by atoms with E-state index in [4.69, 9.17) is 0 Å². The number of unbranched alkanes of at least 4 members (excludes halogenated alkanes) is 19. The maximum absolute atomic E-state index is 2.66. The van der Waals surface area contributed by atoms with Crippen LogP contribution in [0.15, 0.2) is 0 Å². The maximum Gasteiger partial charge on any atom is 0.0916 e. The van der Waals surface area contributed by atoms with Gasteiger partial charge in [-0.15, -0.1) is 0 Å². The molecular weight excluding hydrogens is 364 g/mol. The molecule has 0 amide bonds. The lowest BCUT2D eigenvalue weighted by atomic mass is 10.0. The first-order valence-electron chi connectivity index (χ1n) is 14.4. The van der Waals surface area contributed by atoms with Crippen LogP contribution in [0.1, 0.15) is 135 Å². The normalized spacial score (nSPS) is 23.3. The number of quaternary nitrogens is 1. The highest BCUT2D eigenvalue weighted by molar-refractivity contribution is 4.70. The Labute approximate surface area is 190 Å². The zero-order valence-corrected chi connectivity index (χ0v) is 21.0. The minimum Gasteiger partial charge on any atom is -0.320 e. The van der Waals surface area contributed by atoms with Crippen molar-refractivity contribution in [2.24, 2.45) is 0 Å². The van der Waals surface area contributed by atoms with E-state index >= 15 is 0 Å². The molecule has 2 bridgehead atoms. The standard InChI is InChI=1S/C28H57N2/c1-2-3-4-5-6-7-8-9-10-11-12-13-14-15-16-17-18-19-20-21-25-30-26-22-29(23-27-30)24-28-30/h2-28H2,1H3/q+1. The van der Waals surface area contributed by atoms with Crippen molar-refractivity contribution in [2.75, 3.05) is 45.8 Å². The predicted octanol–water partition coefficient (Wildman–Crippen LogP) is 7.95. The molecule has 3 saturated heterocycles. The van der Waals surface area contributed by atoms with Gasteiger partial charge < -0.3 is 4.48 Å². The third-order valence-corrected chi connectivity index (χ3v) is 8.16. The van der Waals surface area contributed by atoms with Crippen LogP contribution in [-0.2, 0) is 0 Å². The van der Waals surface area contributed by atoms with Crippen molar-refractivity contribution in [3.05, 3.63) is 0 Å². The number of rotatable bonds is 21. The summed E-state index contributed by atoms with van der Waals surface area (Å²) in [6.45, 7) is 12.2. The van der Waals surface area contributed by atoms with Gasteiger partial charge in [0, 0.05) is 19.6 Å². The van der Waals surface area contributed by atoms with Crippen molar-refractivity contribution in [1.29, 1.82) is 0 Å². The van der Waals surface area contributed by atoms with Crippen molar-refractivity contribution in [1.82, 2.24) is 4.90 Å². The van der Waals surface area contributed by atoms with E-state index in [2.05, 4.69) is 11.8 Å². The van der Waals surface area contributed by atoms with Crippen LogP contribution in [0.25, 0.3) is 0 Å². The van der Waals surface area contributed by atoms with Gasteiger partial charge in [-0.2, -0.15) is 0 Å². The molecule has 0 N–H and O–H groups in total. The van der Waals surface area contributed by atoms with Gasteiger partial charge in [0.2, 0.25) is 0 Å². The molecule has 0 saturated carbocycles. The van der Waals surface area contributed by atoms with Crippen LogP contribution >= 0.6 is 0 Å². The van der Waals surface area contributed by atoms with E-state index in [0.29, 0.717) is 0 Å². The predicted molar refractivity (Wildman–Crippen MR) is 134 cm³/mol. The first-order chi connectivity index (χ1) is 14.8. The van der Waals surface area contributed by atoms with Gasteiger partial charge in [0.1, 0.15) is 0 Å². The summed E-state index contributed by atoms with van der Waals surface area (Å²) in [6.07, 6.45) is 29.6. The highest BCUT2D eigenvalue weighted by atomic mass is 15.4. The summed E-state index contributed by atoms with van der Waals surface area (Å²) in [4.78, 5) is 2.66. The van der Waals surface area contributed by atoms with Gasteiger partial charge in [0.05, 0.1) is 26.2 Å². The number of fused-ring (bicyclic) bond motifs is 3. The highest BCUT2D eigenvalue weighted by Crippen LogP contribution is 2.21. The Bertz CT molecular complexity index is 359. The summed E-state index contributed by atoms with van der Waals surface area (Å²) in [6, 6.07) is 0. The van der Waals surface area contributed by atoms with Crippen molar-refractivity contribution < 1.29 is 4.48 Å². The summed E-state index contributed by atoms with van der Waals surface area (Å²) in [5, 5.41) is 0.